The maximum Gasteiger partial charge on any atom is 0.433 e. The number of aromatic nitrogens is 4. The van der Waals surface area contributed by atoms with Crippen LogP contribution in [0, 0.1) is 0 Å². The summed E-state index contributed by atoms with van der Waals surface area (Å²) in [6, 6.07) is 8.11. The molecule has 0 radical (unpaired) electrons. The summed E-state index contributed by atoms with van der Waals surface area (Å²) in [4.78, 5) is 21.1. The third kappa shape index (κ3) is 4.08. The minimum atomic E-state index is -4.75. The third-order valence-electron chi connectivity index (χ3n) is 4.77. The van der Waals surface area contributed by atoms with Crippen molar-refractivity contribution in [3.63, 3.8) is 0 Å². The van der Waals surface area contributed by atoms with Crippen LogP contribution in [0.15, 0.2) is 47.5 Å². The van der Waals surface area contributed by atoms with E-state index in [-0.39, 0.29) is 45.7 Å². The topological polar surface area (TPSA) is 107 Å². The molecule has 1 aromatic carbocycles. The molecule has 0 aliphatic rings. The van der Waals surface area contributed by atoms with E-state index in [1.165, 1.54) is 29.1 Å². The second-order valence-corrected chi connectivity index (χ2v) is 8.91. The zero-order chi connectivity index (χ0) is 23.3. The van der Waals surface area contributed by atoms with Crippen molar-refractivity contribution in [2.75, 3.05) is 5.75 Å². The maximum atomic E-state index is 13.4. The second-order valence-electron chi connectivity index (χ2n) is 6.93. The Morgan fingerprint density at radius 3 is 2.50 bits per heavy atom. The minimum absolute atomic E-state index is 0.00650. The quantitative estimate of drug-likeness (QED) is 0.431. The fourth-order valence-electron chi connectivity index (χ4n) is 3.43. The highest BCUT2D eigenvalue weighted by Crippen LogP contribution is 2.32. The summed E-state index contributed by atoms with van der Waals surface area (Å²) in [6.45, 7) is 0.0436. The molecule has 0 aliphatic carbocycles. The van der Waals surface area contributed by atoms with Gasteiger partial charge < -0.3 is 4.57 Å². The average molecular weight is 487 g/mol. The molecule has 0 spiro atoms. The first-order valence-electron chi connectivity index (χ1n) is 9.15. The Hall–Kier alpha value is -2.96. The molecule has 4 aromatic rings. The number of imidazole rings is 1. The minimum Gasteiger partial charge on any atom is -0.330 e. The zero-order valence-electron chi connectivity index (χ0n) is 16.0. The van der Waals surface area contributed by atoms with Gasteiger partial charge in [-0.25, -0.2) is 9.97 Å². The van der Waals surface area contributed by atoms with Gasteiger partial charge in [0.05, 0.1) is 28.3 Å². The lowest BCUT2D eigenvalue weighted by molar-refractivity contribution is -0.141. The van der Waals surface area contributed by atoms with E-state index < -0.39 is 33.3 Å². The first-order chi connectivity index (χ1) is 15.0. The second kappa shape index (κ2) is 7.87. The van der Waals surface area contributed by atoms with Crippen LogP contribution in [0.2, 0.25) is 5.02 Å². The lowest BCUT2D eigenvalue weighted by Gasteiger charge is -2.15. The van der Waals surface area contributed by atoms with E-state index >= 15 is 0 Å². The normalized spacial score (nSPS) is 12.7. The van der Waals surface area contributed by atoms with Crippen LogP contribution in [0.4, 0.5) is 13.2 Å². The van der Waals surface area contributed by atoms with Crippen LogP contribution in [0.3, 0.4) is 0 Å². The fraction of sp³-hybridized carbons (Fsp3) is 0.211. The zero-order valence-corrected chi connectivity index (χ0v) is 17.6. The Morgan fingerprint density at radius 1 is 1.12 bits per heavy atom. The fourth-order valence-corrected chi connectivity index (χ4v) is 4.14. The molecule has 3 aromatic heterocycles. The summed E-state index contributed by atoms with van der Waals surface area (Å²) in [7, 11) is -4.20. The lowest BCUT2D eigenvalue weighted by atomic mass is 10.2. The molecular weight excluding hydrogens is 473 g/mol. The predicted octanol–water partition coefficient (Wildman–Crippen LogP) is 3.69. The Morgan fingerprint density at radius 2 is 1.84 bits per heavy atom. The number of nitrogens with zero attached hydrogens (tertiary/aromatic N) is 4. The van der Waals surface area contributed by atoms with Gasteiger partial charge in [0, 0.05) is 11.9 Å². The van der Waals surface area contributed by atoms with Crippen molar-refractivity contribution in [2.45, 2.75) is 19.1 Å². The molecule has 0 bridgehead atoms. The number of benzene rings is 1. The summed E-state index contributed by atoms with van der Waals surface area (Å²) < 4.78 is 73.5. The van der Waals surface area contributed by atoms with Gasteiger partial charge in [0.15, 0.2) is 5.52 Å². The highest BCUT2D eigenvalue weighted by atomic mass is 35.5. The van der Waals surface area contributed by atoms with Crippen LogP contribution in [-0.2, 0) is 22.8 Å². The van der Waals surface area contributed by atoms with E-state index in [4.69, 9.17) is 16.2 Å². The van der Waals surface area contributed by atoms with Crippen molar-refractivity contribution in [1.29, 1.82) is 0 Å². The summed E-state index contributed by atoms with van der Waals surface area (Å²) in [5.74, 6) is -0.530. The van der Waals surface area contributed by atoms with E-state index in [1.54, 1.807) is 12.1 Å². The van der Waals surface area contributed by atoms with Gasteiger partial charge in [-0.15, -0.1) is 0 Å². The molecule has 0 saturated heterocycles. The van der Waals surface area contributed by atoms with Crippen LogP contribution in [0.5, 0.6) is 0 Å². The summed E-state index contributed by atoms with van der Waals surface area (Å²) in [6.07, 6.45) is -3.47. The van der Waals surface area contributed by atoms with Crippen molar-refractivity contribution < 1.29 is 26.1 Å². The molecule has 32 heavy (non-hydrogen) atoms. The molecule has 0 unspecified atom stereocenters. The first kappa shape index (κ1) is 22.2. The van der Waals surface area contributed by atoms with Crippen LogP contribution in [0.25, 0.3) is 27.8 Å². The largest absolute Gasteiger partial charge is 0.433 e. The number of aryl methyl sites for hydroxylation is 1. The number of halogens is 4. The molecule has 0 amide bonds. The number of pyridine rings is 2. The van der Waals surface area contributed by atoms with Crippen molar-refractivity contribution in [3.8, 4) is 5.69 Å². The molecule has 8 nitrogen and oxygen atoms in total. The molecular formula is C19H14ClF3N4O4S. The molecule has 13 heteroatoms. The van der Waals surface area contributed by atoms with E-state index in [9.17, 15) is 26.4 Å². The van der Waals surface area contributed by atoms with Crippen LogP contribution >= 0.6 is 11.6 Å². The molecule has 0 aliphatic heterocycles. The number of fused-ring (bicyclic) bond motifs is 3. The third-order valence-corrected chi connectivity index (χ3v) is 5.89. The van der Waals surface area contributed by atoms with Crippen molar-refractivity contribution in [3.05, 3.63) is 63.8 Å². The van der Waals surface area contributed by atoms with E-state index in [2.05, 4.69) is 9.97 Å². The number of alkyl halides is 3. The van der Waals surface area contributed by atoms with Gasteiger partial charge in [-0.1, -0.05) is 23.7 Å². The van der Waals surface area contributed by atoms with E-state index in [0.717, 1.165) is 10.6 Å². The molecule has 0 saturated carbocycles. The first-order valence-corrected chi connectivity index (χ1v) is 11.1. The molecule has 3 heterocycles. The van der Waals surface area contributed by atoms with Crippen molar-refractivity contribution in [2.24, 2.45) is 0 Å². The van der Waals surface area contributed by atoms with Gasteiger partial charge in [-0.3, -0.25) is 13.9 Å². The molecule has 1 N–H and O–H groups in total. The van der Waals surface area contributed by atoms with Gasteiger partial charge in [-0.2, -0.15) is 21.6 Å². The molecule has 168 valence electrons. The number of hydrogen-bond acceptors (Lipinski definition) is 5. The van der Waals surface area contributed by atoms with Gasteiger partial charge in [0.1, 0.15) is 11.3 Å². The highest BCUT2D eigenvalue weighted by Gasteiger charge is 2.33. The molecule has 4 rings (SSSR count). The Bertz CT molecular complexity index is 1510. The Labute approximate surface area is 183 Å². The van der Waals surface area contributed by atoms with E-state index in [1.807, 2.05) is 0 Å². The van der Waals surface area contributed by atoms with Crippen LogP contribution in [0.1, 0.15) is 12.1 Å². The van der Waals surface area contributed by atoms with Gasteiger partial charge in [0.2, 0.25) is 0 Å². The van der Waals surface area contributed by atoms with Crippen LogP contribution < -0.4 is 5.56 Å². The standard InChI is InChI=1S/C19H14ClF3N4O4S/c20-12-4-1-2-5-13(12)27-17-11(6-7-14(25-17)19(21,22)23)16-15(18(27)28)24-10-26(16)8-3-9-32(29,30)31/h1-2,4-7,10H,3,8-9H2,(H,29,30,31). The van der Waals surface area contributed by atoms with Gasteiger partial charge >= 0.3 is 6.18 Å². The smallest absolute Gasteiger partial charge is 0.330 e. The number of rotatable bonds is 5. The van der Waals surface area contributed by atoms with Gasteiger partial charge in [-0.05, 0) is 30.7 Å². The Kier molecular flexibility index (Phi) is 5.47. The molecule has 0 fully saturated rings. The summed E-state index contributed by atoms with van der Waals surface area (Å²) in [5, 5.41) is 0.318. The SMILES string of the molecule is O=c1c2ncn(CCCS(=O)(=O)O)c2c2ccc(C(F)(F)F)nc2n1-c1ccccc1Cl. The van der Waals surface area contributed by atoms with Crippen molar-refractivity contribution in [1.82, 2.24) is 19.1 Å². The van der Waals surface area contributed by atoms with Crippen LogP contribution in [-0.4, -0.2) is 37.8 Å². The van der Waals surface area contributed by atoms with Gasteiger partial charge in [0.25, 0.3) is 15.7 Å². The monoisotopic (exact) mass is 486 g/mol. The van der Waals surface area contributed by atoms with E-state index in [0.29, 0.717) is 0 Å². The summed E-state index contributed by atoms with van der Waals surface area (Å²) >= 11 is 6.21. The maximum absolute atomic E-state index is 13.4. The predicted molar refractivity (Wildman–Crippen MR) is 112 cm³/mol. The highest BCUT2D eigenvalue weighted by molar-refractivity contribution is 7.85. The number of para-hydroxylation sites is 1. The van der Waals surface area contributed by atoms with Crippen molar-refractivity contribution >= 4 is 43.8 Å². The Balaban J connectivity index is 2.04. The average Bonchev–Trinajstić information content (AvgIpc) is 3.12. The summed E-state index contributed by atoms with van der Waals surface area (Å²) in [5.41, 5.74) is -1.92. The lowest BCUT2D eigenvalue weighted by Crippen LogP contribution is -2.22. The number of hydrogen-bond donors (Lipinski definition) is 1. The molecule has 0 atom stereocenters.